The lowest BCUT2D eigenvalue weighted by atomic mass is 10.2. The van der Waals surface area contributed by atoms with Gasteiger partial charge in [0.25, 0.3) is 0 Å². The molecule has 68 valence electrons. The van der Waals surface area contributed by atoms with E-state index in [1.54, 1.807) is 11.0 Å². The highest BCUT2D eigenvalue weighted by Gasteiger charge is 1.92. The van der Waals surface area contributed by atoms with E-state index >= 15 is 0 Å². The summed E-state index contributed by atoms with van der Waals surface area (Å²) in [5.41, 5.74) is 0. The van der Waals surface area contributed by atoms with E-state index in [0.29, 0.717) is 6.61 Å². The predicted octanol–water partition coefficient (Wildman–Crippen LogP) is 0.226. The summed E-state index contributed by atoms with van der Waals surface area (Å²) in [6.45, 7) is 1.17. The molecule has 0 saturated carbocycles. The molecule has 0 radical (unpaired) electrons. The third-order valence-electron chi connectivity index (χ3n) is 1.69. The zero-order valence-electron chi connectivity index (χ0n) is 7.06. The molecule has 0 spiro atoms. The Balaban J connectivity index is 1.96. The fourth-order valence-corrected chi connectivity index (χ4v) is 1.02. The minimum absolute atomic E-state index is 0.297. The van der Waals surface area contributed by atoms with Crippen molar-refractivity contribution < 1.29 is 5.11 Å². The van der Waals surface area contributed by atoms with Gasteiger partial charge in [-0.25, -0.2) is 4.68 Å². The zero-order chi connectivity index (χ0) is 8.65. The molecule has 0 atom stereocenters. The van der Waals surface area contributed by atoms with Crippen LogP contribution in [0.5, 0.6) is 0 Å². The fraction of sp³-hybridized carbons (Fsp3) is 0.857. The van der Waals surface area contributed by atoms with Gasteiger partial charge >= 0.3 is 0 Å². The number of unbranched alkanes of at least 4 members (excludes halogenated alkanes) is 3. The van der Waals surface area contributed by atoms with Gasteiger partial charge in [-0.2, -0.15) is 0 Å². The highest BCUT2D eigenvalue weighted by molar-refractivity contribution is 4.48. The van der Waals surface area contributed by atoms with Crippen LogP contribution in [0.25, 0.3) is 0 Å². The van der Waals surface area contributed by atoms with Gasteiger partial charge in [-0.3, -0.25) is 0 Å². The number of aliphatic hydroxyl groups is 1. The summed E-state index contributed by atoms with van der Waals surface area (Å²) in [7, 11) is 0. The van der Waals surface area contributed by atoms with Gasteiger partial charge in [0.15, 0.2) is 0 Å². The largest absolute Gasteiger partial charge is 0.396 e. The smallest absolute Gasteiger partial charge is 0.138 e. The van der Waals surface area contributed by atoms with E-state index in [1.807, 2.05) is 0 Å². The second-order valence-electron chi connectivity index (χ2n) is 2.71. The fourth-order valence-electron chi connectivity index (χ4n) is 1.02. The lowest BCUT2D eigenvalue weighted by Gasteiger charge is -1.98. The van der Waals surface area contributed by atoms with Gasteiger partial charge in [-0.1, -0.05) is 12.8 Å². The lowest BCUT2D eigenvalue weighted by molar-refractivity contribution is 0.282. The summed E-state index contributed by atoms with van der Waals surface area (Å²) in [4.78, 5) is 0. The predicted molar refractivity (Wildman–Crippen MR) is 43.4 cm³/mol. The van der Waals surface area contributed by atoms with Gasteiger partial charge in [0.1, 0.15) is 6.33 Å². The van der Waals surface area contributed by atoms with Crippen LogP contribution in [0, 0.1) is 0 Å². The van der Waals surface area contributed by atoms with Crippen molar-refractivity contribution in [1.29, 1.82) is 0 Å². The molecule has 1 aromatic heterocycles. The monoisotopic (exact) mass is 170 g/mol. The number of tetrazole rings is 1. The SMILES string of the molecule is OCCCCCCn1cnnn1. The van der Waals surface area contributed by atoms with Gasteiger partial charge in [0.2, 0.25) is 0 Å². The minimum Gasteiger partial charge on any atom is -0.396 e. The van der Waals surface area contributed by atoms with Gasteiger partial charge in [-0.15, -0.1) is 5.10 Å². The zero-order valence-corrected chi connectivity index (χ0v) is 7.06. The normalized spacial score (nSPS) is 10.4. The summed E-state index contributed by atoms with van der Waals surface area (Å²) in [5, 5.41) is 19.3. The first-order valence-corrected chi connectivity index (χ1v) is 4.25. The number of aromatic nitrogens is 4. The number of hydrogen-bond acceptors (Lipinski definition) is 4. The van der Waals surface area contributed by atoms with Gasteiger partial charge in [0, 0.05) is 13.2 Å². The summed E-state index contributed by atoms with van der Waals surface area (Å²) in [5.74, 6) is 0. The van der Waals surface area contributed by atoms with Crippen molar-refractivity contribution in [3.63, 3.8) is 0 Å². The maximum absolute atomic E-state index is 8.51. The molecular formula is C7H14N4O. The standard InChI is InChI=1S/C7H14N4O/c12-6-4-2-1-3-5-11-7-8-9-10-11/h7,12H,1-6H2. The summed E-state index contributed by atoms with van der Waals surface area (Å²) in [6, 6.07) is 0. The van der Waals surface area contributed by atoms with Crippen LogP contribution in [-0.2, 0) is 6.54 Å². The third-order valence-corrected chi connectivity index (χ3v) is 1.69. The Morgan fingerprint density at radius 2 is 2.00 bits per heavy atom. The number of nitrogens with zero attached hydrogens (tertiary/aromatic N) is 4. The minimum atomic E-state index is 0.297. The van der Waals surface area contributed by atoms with E-state index in [4.69, 9.17) is 5.11 Å². The topological polar surface area (TPSA) is 63.8 Å². The van der Waals surface area contributed by atoms with Crippen LogP contribution in [0.4, 0.5) is 0 Å². The van der Waals surface area contributed by atoms with Gasteiger partial charge < -0.3 is 5.11 Å². The molecule has 0 saturated heterocycles. The van der Waals surface area contributed by atoms with Crippen LogP contribution in [0.3, 0.4) is 0 Å². The van der Waals surface area contributed by atoms with E-state index in [0.717, 1.165) is 32.2 Å². The lowest BCUT2D eigenvalue weighted by Crippen LogP contribution is -1.98. The van der Waals surface area contributed by atoms with E-state index in [9.17, 15) is 0 Å². The molecule has 1 rings (SSSR count). The average Bonchev–Trinajstić information content (AvgIpc) is 2.57. The summed E-state index contributed by atoms with van der Waals surface area (Å²) in [6.07, 6.45) is 5.80. The summed E-state index contributed by atoms with van der Waals surface area (Å²) >= 11 is 0. The van der Waals surface area contributed by atoms with E-state index in [2.05, 4.69) is 15.5 Å². The maximum atomic E-state index is 8.51. The van der Waals surface area contributed by atoms with E-state index < -0.39 is 0 Å². The first kappa shape index (κ1) is 9.12. The quantitative estimate of drug-likeness (QED) is 0.620. The number of aryl methyl sites for hydroxylation is 1. The molecule has 0 aliphatic carbocycles. The molecule has 1 heterocycles. The molecule has 1 N–H and O–H groups in total. The molecule has 5 heteroatoms. The molecule has 0 aliphatic heterocycles. The van der Waals surface area contributed by atoms with Crippen molar-refractivity contribution in [3.05, 3.63) is 6.33 Å². The van der Waals surface area contributed by atoms with Crippen LogP contribution in [0.2, 0.25) is 0 Å². The average molecular weight is 170 g/mol. The summed E-state index contributed by atoms with van der Waals surface area (Å²) < 4.78 is 1.72. The first-order chi connectivity index (χ1) is 5.93. The van der Waals surface area contributed by atoms with Crippen molar-refractivity contribution in [2.45, 2.75) is 32.2 Å². The van der Waals surface area contributed by atoms with E-state index in [-0.39, 0.29) is 0 Å². The third kappa shape index (κ3) is 3.43. The Hall–Kier alpha value is -0.970. The number of aliphatic hydroxyl groups excluding tert-OH is 1. The Morgan fingerprint density at radius 3 is 2.67 bits per heavy atom. The Labute approximate surface area is 71.4 Å². The van der Waals surface area contributed by atoms with Crippen molar-refractivity contribution in [2.24, 2.45) is 0 Å². The molecule has 1 aromatic rings. The highest BCUT2D eigenvalue weighted by atomic mass is 16.2. The first-order valence-electron chi connectivity index (χ1n) is 4.25. The number of rotatable bonds is 6. The van der Waals surface area contributed by atoms with Gasteiger partial charge in [0.05, 0.1) is 0 Å². The van der Waals surface area contributed by atoms with Crippen LogP contribution in [0.1, 0.15) is 25.7 Å². The molecule has 0 aliphatic rings. The van der Waals surface area contributed by atoms with Crippen molar-refractivity contribution >= 4 is 0 Å². The molecule has 0 fully saturated rings. The van der Waals surface area contributed by atoms with Crippen molar-refractivity contribution in [3.8, 4) is 0 Å². The molecule has 5 nitrogen and oxygen atoms in total. The van der Waals surface area contributed by atoms with Crippen molar-refractivity contribution in [1.82, 2.24) is 20.2 Å². The molecule has 0 unspecified atom stereocenters. The van der Waals surface area contributed by atoms with E-state index in [1.165, 1.54) is 0 Å². The Bertz CT molecular complexity index is 187. The van der Waals surface area contributed by atoms with Crippen LogP contribution in [-0.4, -0.2) is 31.9 Å². The van der Waals surface area contributed by atoms with Gasteiger partial charge in [-0.05, 0) is 23.3 Å². The maximum Gasteiger partial charge on any atom is 0.138 e. The number of hydrogen-bond donors (Lipinski definition) is 1. The molecule has 0 amide bonds. The van der Waals surface area contributed by atoms with Crippen molar-refractivity contribution in [2.75, 3.05) is 6.61 Å². The molecule has 0 aromatic carbocycles. The Kier molecular flexibility index (Phi) is 4.30. The van der Waals surface area contributed by atoms with Crippen LogP contribution < -0.4 is 0 Å². The second kappa shape index (κ2) is 5.65. The molecule has 0 bridgehead atoms. The van der Waals surface area contributed by atoms with Crippen LogP contribution in [0.15, 0.2) is 6.33 Å². The molecule has 12 heavy (non-hydrogen) atoms. The van der Waals surface area contributed by atoms with Crippen LogP contribution >= 0.6 is 0 Å². The second-order valence-corrected chi connectivity index (χ2v) is 2.71. The molecular weight excluding hydrogens is 156 g/mol. The highest BCUT2D eigenvalue weighted by Crippen LogP contribution is 1.99. The Morgan fingerprint density at radius 1 is 1.17 bits per heavy atom.